The number of aliphatic hydroxyl groups excluding tert-OH is 1. The van der Waals surface area contributed by atoms with Gasteiger partial charge < -0.3 is 33.8 Å². The summed E-state index contributed by atoms with van der Waals surface area (Å²) in [5.74, 6) is 0.908. The maximum atomic E-state index is 13.1. The van der Waals surface area contributed by atoms with E-state index in [4.69, 9.17) is 37.0 Å². The van der Waals surface area contributed by atoms with E-state index in [9.17, 15) is 43.2 Å². The summed E-state index contributed by atoms with van der Waals surface area (Å²) in [6, 6.07) is 0. The van der Waals surface area contributed by atoms with Crippen molar-refractivity contribution in [1.29, 1.82) is 0 Å². The lowest BCUT2D eigenvalue weighted by molar-refractivity contribution is -0.161. The van der Waals surface area contributed by atoms with Gasteiger partial charge in [-0.3, -0.25) is 37.3 Å². The number of carbonyl (C=O) groups excluding carboxylic acids is 4. The number of hydrogen-bond donors (Lipinski definition) is 3. The number of carbonyl (C=O) groups is 4. The van der Waals surface area contributed by atoms with Gasteiger partial charge in [0.05, 0.1) is 26.4 Å². The number of hydrogen-bond acceptors (Lipinski definition) is 15. The number of esters is 4. The Bertz CT molecular complexity index is 1840. The van der Waals surface area contributed by atoms with Crippen LogP contribution in [0.5, 0.6) is 0 Å². The van der Waals surface area contributed by atoms with Gasteiger partial charge in [0, 0.05) is 25.7 Å². The molecule has 3 N–H and O–H groups in total. The highest BCUT2D eigenvalue weighted by Crippen LogP contribution is 2.45. The van der Waals surface area contributed by atoms with Gasteiger partial charge in [0.2, 0.25) is 0 Å². The molecule has 6 atom stereocenters. The lowest BCUT2D eigenvalue weighted by Gasteiger charge is -2.21. The summed E-state index contributed by atoms with van der Waals surface area (Å²) in [5, 5.41) is 10.6. The molecule has 0 rings (SSSR count). The Labute approximate surface area is 568 Å². The fraction of sp³-hybridized carbons (Fsp3) is 0.946. The van der Waals surface area contributed by atoms with E-state index < -0.39 is 97.5 Å². The average molecular weight is 1370 g/mol. The summed E-state index contributed by atoms with van der Waals surface area (Å²) in [5.41, 5.74) is 0. The van der Waals surface area contributed by atoms with Crippen molar-refractivity contribution in [3.63, 3.8) is 0 Å². The van der Waals surface area contributed by atoms with E-state index in [1.807, 2.05) is 0 Å². The molecule has 0 aromatic rings. The Morgan fingerprint density at radius 1 is 0.301 bits per heavy atom. The monoisotopic (exact) mass is 1370 g/mol. The van der Waals surface area contributed by atoms with Crippen LogP contribution in [0.15, 0.2) is 0 Å². The van der Waals surface area contributed by atoms with Crippen molar-refractivity contribution in [2.75, 3.05) is 39.6 Å². The SMILES string of the molecule is CCC(C)CCCCCCCCCCCCC(=O)O[C@H](COC(=O)CCCCCCCCCCCCCCCCC(C)C)COP(=O)(O)OC[C@@H](O)COP(=O)(O)OC[C@@H](COC(=O)CCCCCCCCC(C)C)OC(=O)CCCCCCCCCCCCC(C)C. The van der Waals surface area contributed by atoms with E-state index in [0.29, 0.717) is 31.6 Å². The van der Waals surface area contributed by atoms with Crippen LogP contribution in [-0.2, 0) is 65.4 Å². The van der Waals surface area contributed by atoms with Crippen molar-refractivity contribution in [2.24, 2.45) is 23.7 Å². The van der Waals surface area contributed by atoms with Crippen molar-refractivity contribution in [1.82, 2.24) is 0 Å². The first-order valence-corrected chi connectivity index (χ1v) is 41.2. The minimum Gasteiger partial charge on any atom is -0.462 e. The third kappa shape index (κ3) is 67.0. The maximum Gasteiger partial charge on any atom is 0.472 e. The highest BCUT2D eigenvalue weighted by Gasteiger charge is 2.30. The minimum absolute atomic E-state index is 0.104. The van der Waals surface area contributed by atoms with Crippen LogP contribution in [0, 0.1) is 23.7 Å². The molecule has 0 spiro atoms. The van der Waals surface area contributed by atoms with E-state index in [0.717, 1.165) is 114 Å². The Morgan fingerprint density at radius 2 is 0.516 bits per heavy atom. The molecule has 19 heteroatoms. The Balaban J connectivity index is 5.24. The van der Waals surface area contributed by atoms with Crippen molar-refractivity contribution >= 4 is 39.5 Å². The molecule has 0 aliphatic carbocycles. The standard InChI is InChI=1S/C74H144O17P2/c1-9-67(8)53-45-37-28-22-17-19-25-31-41-49-57-74(79)90-69(60-84-71(76)54-46-38-29-23-15-13-11-10-12-14-20-26-34-42-50-64(2)3)62-88-92(80,81)86-58-68(75)59-87-93(82,83)89-63-70(61-85-72(77)55-47-39-33-32-36-44-52-66(6)7)91-73(78)56-48-40-30-24-18-16-21-27-35-43-51-65(4)5/h64-70,75H,9-63H2,1-8H3,(H,80,81)(H,82,83)/t67?,68-,69-,70-/m1/s1. The lowest BCUT2D eigenvalue weighted by atomic mass is 9.99. The highest BCUT2D eigenvalue weighted by atomic mass is 31.2. The van der Waals surface area contributed by atoms with Gasteiger partial charge in [-0.1, -0.05) is 319 Å². The first kappa shape index (κ1) is 91.1. The number of phosphoric acid groups is 2. The summed E-state index contributed by atoms with van der Waals surface area (Å²) in [6.45, 7) is 14.1. The molecular formula is C74H144O17P2. The third-order valence-electron chi connectivity index (χ3n) is 17.4. The van der Waals surface area contributed by atoms with E-state index in [2.05, 4.69) is 55.4 Å². The molecular weight excluding hydrogens is 1220 g/mol. The molecule has 93 heavy (non-hydrogen) atoms. The Kier molecular flexibility index (Phi) is 62.2. The fourth-order valence-corrected chi connectivity index (χ4v) is 12.7. The van der Waals surface area contributed by atoms with Crippen molar-refractivity contribution in [3.05, 3.63) is 0 Å². The molecule has 0 heterocycles. The lowest BCUT2D eigenvalue weighted by Crippen LogP contribution is -2.30. The van der Waals surface area contributed by atoms with Crippen molar-refractivity contribution in [3.8, 4) is 0 Å². The molecule has 0 saturated carbocycles. The molecule has 0 amide bonds. The predicted molar refractivity (Wildman–Crippen MR) is 377 cm³/mol. The predicted octanol–water partition coefficient (Wildman–Crippen LogP) is 21.3. The smallest absolute Gasteiger partial charge is 0.462 e. The maximum absolute atomic E-state index is 13.1. The zero-order valence-electron chi connectivity index (χ0n) is 60.9. The molecule has 0 radical (unpaired) electrons. The first-order valence-electron chi connectivity index (χ1n) is 38.2. The number of phosphoric ester groups is 2. The molecule has 0 bridgehead atoms. The molecule has 0 aromatic carbocycles. The number of ether oxygens (including phenoxy) is 4. The van der Waals surface area contributed by atoms with Gasteiger partial charge in [-0.25, -0.2) is 9.13 Å². The molecule has 0 aliphatic heterocycles. The van der Waals surface area contributed by atoms with Gasteiger partial charge in [0.1, 0.15) is 19.3 Å². The highest BCUT2D eigenvalue weighted by molar-refractivity contribution is 7.47. The number of rotatable bonds is 71. The van der Waals surface area contributed by atoms with Crippen LogP contribution in [-0.4, -0.2) is 96.7 Å². The van der Waals surface area contributed by atoms with Crippen LogP contribution in [0.2, 0.25) is 0 Å². The molecule has 3 unspecified atom stereocenters. The summed E-state index contributed by atoms with van der Waals surface area (Å²) in [6.07, 6.45) is 47.3. The minimum atomic E-state index is -4.96. The largest absolute Gasteiger partial charge is 0.472 e. The number of aliphatic hydroxyl groups is 1. The first-order chi connectivity index (χ1) is 44.6. The topological polar surface area (TPSA) is 237 Å². The second kappa shape index (κ2) is 63.5. The van der Waals surface area contributed by atoms with Crippen molar-refractivity contribution < 1.29 is 80.2 Å². The quantitative estimate of drug-likeness (QED) is 0.0222. The molecule has 0 aromatic heterocycles. The van der Waals surface area contributed by atoms with Gasteiger partial charge in [0.15, 0.2) is 12.2 Å². The van der Waals surface area contributed by atoms with Crippen molar-refractivity contribution in [2.45, 2.75) is 388 Å². The van der Waals surface area contributed by atoms with Crippen LogP contribution in [0.1, 0.15) is 370 Å². The van der Waals surface area contributed by atoms with Crippen LogP contribution < -0.4 is 0 Å². The van der Waals surface area contributed by atoms with Crippen LogP contribution in [0.4, 0.5) is 0 Å². The Hall–Kier alpha value is -1.94. The zero-order chi connectivity index (χ0) is 68.9. The van der Waals surface area contributed by atoms with Gasteiger partial charge in [0.25, 0.3) is 0 Å². The van der Waals surface area contributed by atoms with E-state index in [-0.39, 0.29) is 25.7 Å². The zero-order valence-corrected chi connectivity index (χ0v) is 62.7. The summed E-state index contributed by atoms with van der Waals surface area (Å²) >= 11 is 0. The van der Waals surface area contributed by atoms with Crippen LogP contribution >= 0.6 is 15.6 Å². The van der Waals surface area contributed by atoms with Gasteiger partial charge in [-0.2, -0.15) is 0 Å². The second-order valence-corrected chi connectivity index (χ2v) is 31.3. The molecule has 17 nitrogen and oxygen atoms in total. The van der Waals surface area contributed by atoms with E-state index in [1.165, 1.54) is 167 Å². The third-order valence-corrected chi connectivity index (χ3v) is 19.3. The molecule has 0 saturated heterocycles. The van der Waals surface area contributed by atoms with Gasteiger partial charge in [-0.05, 0) is 49.4 Å². The van der Waals surface area contributed by atoms with E-state index in [1.54, 1.807) is 0 Å². The number of unbranched alkanes of at least 4 members (excludes halogenated alkanes) is 36. The average Bonchev–Trinajstić information content (AvgIpc) is 2.93. The normalized spacial score (nSPS) is 14.5. The summed E-state index contributed by atoms with van der Waals surface area (Å²) < 4.78 is 68.4. The summed E-state index contributed by atoms with van der Waals surface area (Å²) in [7, 11) is -9.91. The van der Waals surface area contributed by atoms with E-state index >= 15 is 0 Å². The molecule has 0 aliphatic rings. The van der Waals surface area contributed by atoms with Crippen LogP contribution in [0.3, 0.4) is 0 Å². The molecule has 0 fully saturated rings. The Morgan fingerprint density at radius 3 is 0.763 bits per heavy atom. The van der Waals surface area contributed by atoms with Gasteiger partial charge >= 0.3 is 39.5 Å². The fourth-order valence-electron chi connectivity index (χ4n) is 11.2. The summed E-state index contributed by atoms with van der Waals surface area (Å²) in [4.78, 5) is 72.7. The van der Waals surface area contributed by atoms with Crippen LogP contribution in [0.25, 0.3) is 0 Å². The van der Waals surface area contributed by atoms with Gasteiger partial charge in [-0.15, -0.1) is 0 Å². The molecule has 552 valence electrons. The second-order valence-electron chi connectivity index (χ2n) is 28.4.